The minimum absolute atomic E-state index is 0.195. The molecule has 2 rings (SSSR count). The van der Waals surface area contributed by atoms with Crippen LogP contribution in [0.3, 0.4) is 0 Å². The molecule has 160 valence electrons. The summed E-state index contributed by atoms with van der Waals surface area (Å²) in [5.41, 5.74) is 2.51. The van der Waals surface area contributed by atoms with Crippen LogP contribution in [0.25, 0.3) is 0 Å². The smallest absolute Gasteiger partial charge is 0.255 e. The fourth-order valence-electron chi connectivity index (χ4n) is 2.88. The number of carbonyl (C=O) groups excluding carboxylic acids is 1. The van der Waals surface area contributed by atoms with Crippen molar-refractivity contribution in [1.29, 1.82) is 0 Å². The number of aliphatic hydroxyl groups is 1. The molecule has 0 aromatic heterocycles. The van der Waals surface area contributed by atoms with Crippen LogP contribution >= 0.6 is 11.6 Å². The van der Waals surface area contributed by atoms with Gasteiger partial charge in [-0.25, -0.2) is 0 Å². The number of hydrogen-bond acceptors (Lipinski definition) is 3. The Bertz CT molecular complexity index is 759. The molecular formula is C23H34ClN2O3+. The average Bonchev–Trinajstić information content (AvgIpc) is 2.69. The van der Waals surface area contributed by atoms with Gasteiger partial charge in [-0.15, -0.1) is 0 Å². The molecule has 1 amide bonds. The fraction of sp³-hybridized carbons (Fsp3) is 0.435. The van der Waals surface area contributed by atoms with Gasteiger partial charge in [0.05, 0.1) is 32.8 Å². The second-order valence-corrected chi connectivity index (χ2v) is 7.95. The van der Waals surface area contributed by atoms with E-state index in [4.69, 9.17) is 21.4 Å². The van der Waals surface area contributed by atoms with Gasteiger partial charge in [0.2, 0.25) is 0 Å². The number of methoxy groups -OCH3 is 1. The summed E-state index contributed by atoms with van der Waals surface area (Å²) in [6.45, 7) is 6.55. The Labute approximate surface area is 179 Å². The number of nitrogens with zero attached hydrogens (tertiary/aromatic N) is 1. The van der Waals surface area contributed by atoms with Crippen molar-refractivity contribution in [3.05, 3.63) is 58.6 Å². The van der Waals surface area contributed by atoms with Gasteiger partial charge in [-0.2, -0.15) is 0 Å². The van der Waals surface area contributed by atoms with Gasteiger partial charge < -0.3 is 19.6 Å². The van der Waals surface area contributed by atoms with Gasteiger partial charge in [-0.1, -0.05) is 37.6 Å². The summed E-state index contributed by atoms with van der Waals surface area (Å²) in [4.78, 5) is 12.4. The zero-order valence-corrected chi connectivity index (χ0v) is 18.9. The molecule has 0 fully saturated rings. The number of halogens is 1. The van der Waals surface area contributed by atoms with Crippen molar-refractivity contribution in [3.63, 3.8) is 0 Å². The van der Waals surface area contributed by atoms with E-state index in [0.717, 1.165) is 36.1 Å². The lowest BCUT2D eigenvalue weighted by Gasteiger charge is -2.29. The van der Waals surface area contributed by atoms with E-state index in [9.17, 15) is 4.79 Å². The molecule has 6 heteroatoms. The maximum atomic E-state index is 12.4. The van der Waals surface area contributed by atoms with Crippen molar-refractivity contribution in [3.8, 4) is 5.75 Å². The normalized spacial score (nSPS) is 10.7. The number of anilines is 1. The number of nitrogens with one attached hydrogen (secondary N) is 1. The van der Waals surface area contributed by atoms with Crippen LogP contribution < -0.4 is 10.1 Å². The van der Waals surface area contributed by atoms with Crippen molar-refractivity contribution in [1.82, 2.24) is 0 Å². The molecule has 5 nitrogen and oxygen atoms in total. The molecule has 29 heavy (non-hydrogen) atoms. The van der Waals surface area contributed by atoms with Crippen molar-refractivity contribution < 1.29 is 19.1 Å². The molecule has 0 spiro atoms. The molecule has 0 saturated heterocycles. The predicted molar refractivity (Wildman–Crippen MR) is 121 cm³/mol. The van der Waals surface area contributed by atoms with E-state index in [1.807, 2.05) is 19.1 Å². The van der Waals surface area contributed by atoms with E-state index in [2.05, 4.69) is 38.5 Å². The highest BCUT2D eigenvalue weighted by Crippen LogP contribution is 2.25. The Morgan fingerprint density at radius 1 is 1.10 bits per heavy atom. The van der Waals surface area contributed by atoms with Crippen LogP contribution in [0.5, 0.6) is 5.75 Å². The summed E-state index contributed by atoms with van der Waals surface area (Å²) in [5, 5.41) is 11.2. The van der Waals surface area contributed by atoms with Crippen LogP contribution in [0.2, 0.25) is 5.02 Å². The number of carbonyl (C=O) groups is 1. The van der Waals surface area contributed by atoms with E-state index in [0.29, 0.717) is 22.9 Å². The first kappa shape index (κ1) is 25.0. The molecule has 0 aliphatic heterocycles. The quantitative estimate of drug-likeness (QED) is 0.591. The molecule has 0 aliphatic rings. The highest BCUT2D eigenvalue weighted by molar-refractivity contribution is 6.32. The number of aliphatic hydroxyl groups excluding tert-OH is 1. The first-order chi connectivity index (χ1) is 13.8. The molecule has 2 N–H and O–H groups in total. The Morgan fingerprint density at radius 3 is 2.21 bits per heavy atom. The van der Waals surface area contributed by atoms with Gasteiger partial charge in [0.15, 0.2) is 0 Å². The Morgan fingerprint density at radius 2 is 1.72 bits per heavy atom. The summed E-state index contributed by atoms with van der Waals surface area (Å²) in [6.07, 6.45) is 2.03. The average molecular weight is 422 g/mol. The maximum absolute atomic E-state index is 12.4. The van der Waals surface area contributed by atoms with Crippen LogP contribution in [-0.4, -0.2) is 49.9 Å². The summed E-state index contributed by atoms with van der Waals surface area (Å²) in [7, 11) is 6.00. The lowest BCUT2D eigenvalue weighted by atomic mass is 10.1. The van der Waals surface area contributed by atoms with Crippen LogP contribution in [0.1, 0.15) is 42.6 Å². The van der Waals surface area contributed by atoms with Gasteiger partial charge in [0.25, 0.3) is 5.91 Å². The van der Waals surface area contributed by atoms with Gasteiger partial charge in [0, 0.05) is 23.4 Å². The monoisotopic (exact) mass is 421 g/mol. The number of ether oxygens (including phenoxy) is 1. The van der Waals surface area contributed by atoms with E-state index in [1.54, 1.807) is 25.3 Å². The first-order valence-electron chi connectivity index (χ1n) is 9.93. The molecule has 2 aromatic carbocycles. The molecular weight excluding hydrogens is 388 g/mol. The van der Waals surface area contributed by atoms with Crippen molar-refractivity contribution in [2.75, 3.05) is 39.7 Å². The first-order valence-corrected chi connectivity index (χ1v) is 10.3. The summed E-state index contributed by atoms with van der Waals surface area (Å²) >= 11 is 6.08. The molecule has 0 saturated carbocycles. The standard InChI is InChI=1S/C20H25ClN2O2.C3H8O/c1-5-12-23(2,3)14-15-6-9-17(10-7-15)22-20(24)16-8-11-19(25-4)18(21)13-16;1-2-3-4/h6-11,13H,5,12,14H2,1-4H3;4H,2-3H2,1H3/p+1. The highest BCUT2D eigenvalue weighted by Gasteiger charge is 2.14. The van der Waals surface area contributed by atoms with Gasteiger partial charge in [-0.3, -0.25) is 4.79 Å². The zero-order chi connectivity index (χ0) is 21.9. The van der Waals surface area contributed by atoms with E-state index in [1.165, 1.54) is 5.56 Å². The highest BCUT2D eigenvalue weighted by atomic mass is 35.5. The van der Waals surface area contributed by atoms with Crippen LogP contribution in [0.4, 0.5) is 5.69 Å². The molecule has 0 heterocycles. The third kappa shape index (κ3) is 8.86. The second kappa shape index (κ2) is 12.5. The van der Waals surface area contributed by atoms with Crippen LogP contribution in [0.15, 0.2) is 42.5 Å². The largest absolute Gasteiger partial charge is 0.495 e. The third-order valence-corrected chi connectivity index (χ3v) is 4.58. The van der Waals surface area contributed by atoms with E-state index < -0.39 is 0 Å². The Balaban J connectivity index is 0.000000960. The van der Waals surface area contributed by atoms with Crippen molar-refractivity contribution >= 4 is 23.2 Å². The van der Waals surface area contributed by atoms with Gasteiger partial charge >= 0.3 is 0 Å². The topological polar surface area (TPSA) is 58.6 Å². The molecule has 0 unspecified atom stereocenters. The van der Waals surface area contributed by atoms with Gasteiger partial charge in [0.1, 0.15) is 12.3 Å². The van der Waals surface area contributed by atoms with E-state index in [-0.39, 0.29) is 5.91 Å². The number of amides is 1. The third-order valence-electron chi connectivity index (χ3n) is 4.29. The number of rotatable bonds is 8. The minimum Gasteiger partial charge on any atom is -0.495 e. The lowest BCUT2D eigenvalue weighted by molar-refractivity contribution is -0.903. The maximum Gasteiger partial charge on any atom is 0.255 e. The van der Waals surface area contributed by atoms with Crippen molar-refractivity contribution in [2.45, 2.75) is 33.2 Å². The predicted octanol–water partition coefficient (Wildman–Crippen LogP) is 4.98. The molecule has 0 aliphatic carbocycles. The lowest BCUT2D eigenvalue weighted by Crippen LogP contribution is -2.39. The fourth-order valence-corrected chi connectivity index (χ4v) is 3.14. The number of benzene rings is 2. The summed E-state index contributed by atoms with van der Waals surface area (Å²) in [5.74, 6) is 0.356. The second-order valence-electron chi connectivity index (χ2n) is 7.54. The SMILES string of the molecule is CCCO.CCC[N+](C)(C)Cc1ccc(NC(=O)c2ccc(OC)c(Cl)c2)cc1. The van der Waals surface area contributed by atoms with Gasteiger partial charge in [-0.05, 0) is 43.2 Å². The molecule has 0 atom stereocenters. The number of hydrogen-bond donors (Lipinski definition) is 2. The Hall–Kier alpha value is -2.08. The number of quaternary nitrogens is 1. The van der Waals surface area contributed by atoms with Crippen molar-refractivity contribution in [2.24, 2.45) is 0 Å². The van der Waals surface area contributed by atoms with E-state index >= 15 is 0 Å². The summed E-state index contributed by atoms with van der Waals surface area (Å²) in [6, 6.07) is 13.0. The van der Waals surface area contributed by atoms with Crippen LogP contribution in [-0.2, 0) is 6.54 Å². The summed E-state index contributed by atoms with van der Waals surface area (Å²) < 4.78 is 6.05. The molecule has 0 radical (unpaired) electrons. The molecule has 2 aromatic rings. The zero-order valence-electron chi connectivity index (χ0n) is 18.2. The minimum atomic E-state index is -0.195. The molecule has 0 bridgehead atoms. The Kier molecular flexibility index (Phi) is 10.7. The van der Waals surface area contributed by atoms with Crippen LogP contribution in [0, 0.1) is 0 Å².